The second kappa shape index (κ2) is 9.19. The van der Waals surface area contributed by atoms with Crippen molar-refractivity contribution in [2.45, 2.75) is 13.3 Å². The molecule has 0 aliphatic carbocycles. The zero-order valence-electron chi connectivity index (χ0n) is 18.2. The molecule has 3 aliphatic rings. The van der Waals surface area contributed by atoms with Crippen LogP contribution in [0, 0.1) is 6.92 Å². The molecule has 2 amide bonds. The Hall–Kier alpha value is -3.46. The molecule has 0 spiro atoms. The monoisotopic (exact) mass is 465 g/mol. The largest absolute Gasteiger partial charge is 0.454 e. The Morgan fingerprint density at radius 2 is 1.88 bits per heavy atom. The normalized spacial score (nSPS) is 18.3. The zero-order valence-corrected chi connectivity index (χ0v) is 19.0. The van der Waals surface area contributed by atoms with Gasteiger partial charge in [-0.3, -0.25) is 9.69 Å². The van der Waals surface area contributed by atoms with Gasteiger partial charge < -0.3 is 19.1 Å². The first kappa shape index (κ1) is 21.4. The van der Waals surface area contributed by atoms with Crippen molar-refractivity contribution in [1.29, 1.82) is 0 Å². The fourth-order valence-corrected chi connectivity index (χ4v) is 4.66. The molecule has 9 heteroatoms. The lowest BCUT2D eigenvalue weighted by Crippen LogP contribution is -2.30. The number of fused-ring (bicyclic) bond motifs is 1. The van der Waals surface area contributed by atoms with Gasteiger partial charge in [-0.15, -0.1) is 0 Å². The molecule has 0 saturated carbocycles. The van der Waals surface area contributed by atoms with Gasteiger partial charge in [-0.1, -0.05) is 35.5 Å². The second-order valence-electron chi connectivity index (χ2n) is 7.82. The van der Waals surface area contributed by atoms with Crippen LogP contribution in [0.25, 0.3) is 6.08 Å². The van der Waals surface area contributed by atoms with E-state index in [1.54, 1.807) is 15.9 Å². The Labute approximate surface area is 195 Å². The summed E-state index contributed by atoms with van der Waals surface area (Å²) in [5, 5.41) is 0.625. The molecule has 0 aromatic heterocycles. The molecule has 1 fully saturated rings. The molecule has 2 aromatic carbocycles. The van der Waals surface area contributed by atoms with Crippen molar-refractivity contribution in [3.8, 4) is 11.5 Å². The highest BCUT2D eigenvalue weighted by atomic mass is 32.2. The van der Waals surface area contributed by atoms with Crippen molar-refractivity contribution in [3.63, 3.8) is 0 Å². The lowest BCUT2D eigenvalue weighted by Gasteiger charge is -2.18. The number of cyclic esters (lactones) is 1. The van der Waals surface area contributed by atoms with E-state index in [1.807, 2.05) is 49.4 Å². The number of ether oxygens (including phenoxy) is 3. The summed E-state index contributed by atoms with van der Waals surface area (Å²) in [5.74, 6) is 1.89. The number of carbonyl (C=O) groups excluding carboxylic acids is 2. The van der Waals surface area contributed by atoms with Crippen LogP contribution in [-0.4, -0.2) is 54.3 Å². The van der Waals surface area contributed by atoms with Gasteiger partial charge in [-0.25, -0.2) is 9.79 Å². The summed E-state index contributed by atoms with van der Waals surface area (Å²) in [6.07, 6.45) is 2.28. The van der Waals surface area contributed by atoms with Crippen molar-refractivity contribution in [2.75, 3.05) is 37.1 Å². The summed E-state index contributed by atoms with van der Waals surface area (Å²) in [6.45, 7) is 3.90. The van der Waals surface area contributed by atoms with Crippen molar-refractivity contribution in [2.24, 2.45) is 4.99 Å². The first-order valence-electron chi connectivity index (χ1n) is 10.7. The number of rotatable bonds is 6. The number of aliphatic imine (C=N–C) groups is 1. The molecule has 0 unspecified atom stereocenters. The summed E-state index contributed by atoms with van der Waals surface area (Å²) < 4.78 is 15.8. The van der Waals surface area contributed by atoms with E-state index in [1.165, 1.54) is 11.8 Å². The Morgan fingerprint density at radius 1 is 1.06 bits per heavy atom. The number of anilines is 1. The Morgan fingerprint density at radius 3 is 2.67 bits per heavy atom. The van der Waals surface area contributed by atoms with Crippen LogP contribution in [0.4, 0.5) is 10.5 Å². The molecule has 3 heterocycles. The highest BCUT2D eigenvalue weighted by molar-refractivity contribution is 8.14. The van der Waals surface area contributed by atoms with Crippen LogP contribution < -0.4 is 14.4 Å². The van der Waals surface area contributed by atoms with Gasteiger partial charge in [-0.2, -0.15) is 0 Å². The molecule has 2 aromatic rings. The van der Waals surface area contributed by atoms with Gasteiger partial charge in [0.1, 0.15) is 12.3 Å². The van der Waals surface area contributed by atoms with Crippen LogP contribution >= 0.6 is 11.8 Å². The van der Waals surface area contributed by atoms with Crippen LogP contribution in [0.5, 0.6) is 11.5 Å². The molecule has 5 rings (SSSR count). The molecule has 0 radical (unpaired) electrons. The molecule has 0 bridgehead atoms. The maximum absolute atomic E-state index is 13.3. The van der Waals surface area contributed by atoms with Gasteiger partial charge in [0.25, 0.3) is 5.91 Å². The van der Waals surface area contributed by atoms with Crippen LogP contribution in [-0.2, 0) is 9.53 Å². The number of amides is 2. The highest BCUT2D eigenvalue weighted by Crippen LogP contribution is 2.34. The Bertz CT molecular complexity index is 1150. The van der Waals surface area contributed by atoms with Gasteiger partial charge in [-0.05, 0) is 49.2 Å². The van der Waals surface area contributed by atoms with E-state index in [2.05, 4.69) is 4.99 Å². The van der Waals surface area contributed by atoms with E-state index in [4.69, 9.17) is 14.2 Å². The summed E-state index contributed by atoms with van der Waals surface area (Å²) >= 11 is 1.50. The molecular weight excluding hydrogens is 442 g/mol. The van der Waals surface area contributed by atoms with Crippen molar-refractivity contribution in [1.82, 2.24) is 4.90 Å². The van der Waals surface area contributed by atoms with Gasteiger partial charge in [0.15, 0.2) is 16.7 Å². The number of nitrogens with zero attached hydrogens (tertiary/aromatic N) is 3. The first-order valence-corrected chi connectivity index (χ1v) is 11.7. The third kappa shape index (κ3) is 4.54. The van der Waals surface area contributed by atoms with Gasteiger partial charge in [0.2, 0.25) is 6.79 Å². The smallest absolute Gasteiger partial charge is 0.409 e. The van der Waals surface area contributed by atoms with Gasteiger partial charge in [0.05, 0.1) is 12.2 Å². The zero-order chi connectivity index (χ0) is 22.8. The lowest BCUT2D eigenvalue weighted by atomic mass is 10.1. The van der Waals surface area contributed by atoms with E-state index in [-0.39, 0.29) is 18.8 Å². The standard InChI is InChI=1S/C24H23N3O5S/c1-16-3-6-18(7-4-16)27-22(28)19(13-17-5-8-20-21(14-17)32-15-31-20)25-23(27)33-12-2-9-26-10-11-30-24(26)29/h3-8,13-14H,2,9-12,15H2,1H3/b19-13-. The van der Waals surface area contributed by atoms with Crippen molar-refractivity contribution in [3.05, 3.63) is 59.3 Å². The molecule has 33 heavy (non-hydrogen) atoms. The number of amidine groups is 1. The second-order valence-corrected chi connectivity index (χ2v) is 8.88. The maximum Gasteiger partial charge on any atom is 0.409 e. The first-order chi connectivity index (χ1) is 16.1. The summed E-state index contributed by atoms with van der Waals surface area (Å²) in [6, 6.07) is 13.3. The molecule has 1 saturated heterocycles. The Kier molecular flexibility index (Phi) is 5.95. The molecule has 0 atom stereocenters. The quantitative estimate of drug-likeness (QED) is 0.473. The molecule has 0 N–H and O–H groups in total. The van der Waals surface area contributed by atoms with Crippen molar-refractivity contribution < 1.29 is 23.8 Å². The lowest BCUT2D eigenvalue weighted by molar-refractivity contribution is -0.113. The number of aryl methyl sites for hydroxylation is 1. The molecule has 170 valence electrons. The number of benzene rings is 2. The molecule has 8 nitrogen and oxygen atoms in total. The minimum Gasteiger partial charge on any atom is -0.454 e. The maximum atomic E-state index is 13.3. The Balaban J connectivity index is 1.35. The van der Waals surface area contributed by atoms with E-state index < -0.39 is 0 Å². The van der Waals surface area contributed by atoms with Gasteiger partial charge >= 0.3 is 6.09 Å². The summed E-state index contributed by atoms with van der Waals surface area (Å²) in [4.78, 5) is 33.0. The van der Waals surface area contributed by atoms with Crippen LogP contribution in [0.15, 0.2) is 53.2 Å². The highest BCUT2D eigenvalue weighted by Gasteiger charge is 2.32. The predicted octanol–water partition coefficient (Wildman–Crippen LogP) is 4.04. The van der Waals surface area contributed by atoms with E-state index in [0.717, 1.165) is 29.0 Å². The average molecular weight is 466 g/mol. The van der Waals surface area contributed by atoms with E-state index in [0.29, 0.717) is 42.1 Å². The third-order valence-corrected chi connectivity index (χ3v) is 6.50. The average Bonchev–Trinajstić information content (AvgIpc) is 3.52. The van der Waals surface area contributed by atoms with E-state index >= 15 is 0 Å². The van der Waals surface area contributed by atoms with Crippen LogP contribution in [0.1, 0.15) is 17.5 Å². The third-order valence-electron chi connectivity index (χ3n) is 5.47. The number of thioether (sulfide) groups is 1. The van der Waals surface area contributed by atoms with Crippen molar-refractivity contribution >= 4 is 40.7 Å². The molecule has 3 aliphatic heterocycles. The summed E-state index contributed by atoms with van der Waals surface area (Å²) in [7, 11) is 0. The van der Waals surface area contributed by atoms with E-state index in [9.17, 15) is 9.59 Å². The predicted molar refractivity (Wildman–Crippen MR) is 127 cm³/mol. The molecular formula is C24H23N3O5S. The number of hydrogen-bond donors (Lipinski definition) is 0. The SMILES string of the molecule is Cc1ccc(N2C(=O)/C(=C/c3ccc4c(c3)OCO4)N=C2SCCCN2CCOC2=O)cc1. The minimum absolute atomic E-state index is 0.179. The van der Waals surface area contributed by atoms with Crippen LogP contribution in [0.2, 0.25) is 0 Å². The topological polar surface area (TPSA) is 80.7 Å². The fourth-order valence-electron chi connectivity index (χ4n) is 3.72. The number of hydrogen-bond acceptors (Lipinski definition) is 7. The van der Waals surface area contributed by atoms with Gasteiger partial charge in [0, 0.05) is 12.3 Å². The summed E-state index contributed by atoms with van der Waals surface area (Å²) in [5.41, 5.74) is 3.06. The van der Waals surface area contributed by atoms with Crippen LogP contribution in [0.3, 0.4) is 0 Å². The fraction of sp³-hybridized carbons (Fsp3) is 0.292. The minimum atomic E-state index is -0.261. The number of carbonyl (C=O) groups is 2.